The van der Waals surface area contributed by atoms with Crippen LogP contribution in [-0.2, 0) is 27.1 Å². The van der Waals surface area contributed by atoms with Gasteiger partial charge in [0.1, 0.15) is 11.9 Å². The van der Waals surface area contributed by atoms with Crippen molar-refractivity contribution in [2.75, 3.05) is 13.7 Å². The van der Waals surface area contributed by atoms with E-state index in [2.05, 4.69) is 24.3 Å². The van der Waals surface area contributed by atoms with Gasteiger partial charge in [-0.2, -0.15) is 0 Å². The highest BCUT2D eigenvalue weighted by Gasteiger charge is 2.22. The summed E-state index contributed by atoms with van der Waals surface area (Å²) < 4.78 is 16.5. The minimum Gasteiger partial charge on any atom is -0.490 e. The summed E-state index contributed by atoms with van der Waals surface area (Å²) in [7, 11) is 1.39. The van der Waals surface area contributed by atoms with Gasteiger partial charge in [-0.15, -0.1) is 0 Å². The van der Waals surface area contributed by atoms with Gasteiger partial charge < -0.3 is 14.2 Å². The second-order valence-electron chi connectivity index (χ2n) is 6.21. The van der Waals surface area contributed by atoms with E-state index in [0.717, 1.165) is 24.2 Å². The Balaban J connectivity index is 1.63. The molecule has 0 spiro atoms. The highest BCUT2D eigenvalue weighted by Crippen LogP contribution is 2.28. The molecule has 0 aromatic heterocycles. The van der Waals surface area contributed by atoms with Gasteiger partial charge >= 0.3 is 5.97 Å². The van der Waals surface area contributed by atoms with Crippen LogP contribution in [0, 0.1) is 0 Å². The first kappa shape index (κ1) is 17.5. The number of rotatable bonds is 7. The quantitative estimate of drug-likeness (QED) is 0.718. The minimum absolute atomic E-state index is 0.181. The second kappa shape index (κ2) is 8.17. The first-order valence-corrected chi connectivity index (χ1v) is 8.71. The molecular weight excluding hydrogens is 316 g/mol. The molecule has 0 fully saturated rings. The van der Waals surface area contributed by atoms with Crippen LogP contribution in [0.25, 0.3) is 0 Å². The zero-order valence-electron chi connectivity index (χ0n) is 14.7. The van der Waals surface area contributed by atoms with Crippen LogP contribution < -0.4 is 4.74 Å². The number of hydrogen-bond acceptors (Lipinski definition) is 4. The van der Waals surface area contributed by atoms with E-state index in [-0.39, 0.29) is 24.6 Å². The van der Waals surface area contributed by atoms with Crippen LogP contribution in [0.1, 0.15) is 36.1 Å². The fourth-order valence-corrected chi connectivity index (χ4v) is 3.26. The van der Waals surface area contributed by atoms with Crippen LogP contribution in [-0.4, -0.2) is 25.8 Å². The molecule has 0 N–H and O–H groups in total. The standard InChI is InChI=1S/C21H24O4/c1-3-24-20(14-21(22)23-2)15-8-10-18(11-9-15)25-19-12-16-6-4-5-7-17(16)13-19/h4-11,19-20H,3,12-14H2,1-2H3/t20-/m0/s1. The first-order chi connectivity index (χ1) is 12.2. The Kier molecular flexibility index (Phi) is 5.71. The Morgan fingerprint density at radius 2 is 1.72 bits per heavy atom. The van der Waals surface area contributed by atoms with Crippen molar-refractivity contribution in [2.45, 2.75) is 38.4 Å². The van der Waals surface area contributed by atoms with Crippen LogP contribution in [0.5, 0.6) is 5.75 Å². The van der Waals surface area contributed by atoms with E-state index < -0.39 is 0 Å². The van der Waals surface area contributed by atoms with Crippen molar-refractivity contribution in [3.8, 4) is 5.75 Å². The molecule has 1 atom stereocenters. The fraction of sp³-hybridized carbons (Fsp3) is 0.381. The van der Waals surface area contributed by atoms with E-state index in [1.807, 2.05) is 31.2 Å². The molecule has 0 unspecified atom stereocenters. The molecule has 4 heteroatoms. The van der Waals surface area contributed by atoms with Crippen molar-refractivity contribution in [3.05, 3.63) is 65.2 Å². The molecule has 0 bridgehead atoms. The summed E-state index contributed by atoms with van der Waals surface area (Å²) in [6, 6.07) is 16.3. The van der Waals surface area contributed by atoms with Crippen molar-refractivity contribution < 1.29 is 19.0 Å². The minimum atomic E-state index is -0.290. The summed E-state index contributed by atoms with van der Waals surface area (Å²) in [6.45, 7) is 2.46. The van der Waals surface area contributed by atoms with Gasteiger partial charge in [0.2, 0.25) is 0 Å². The van der Waals surface area contributed by atoms with Crippen molar-refractivity contribution in [3.63, 3.8) is 0 Å². The maximum absolute atomic E-state index is 11.5. The lowest BCUT2D eigenvalue weighted by molar-refractivity contribution is -0.143. The van der Waals surface area contributed by atoms with Crippen molar-refractivity contribution in [2.24, 2.45) is 0 Å². The molecule has 2 aromatic carbocycles. The predicted octanol–water partition coefficient (Wildman–Crippen LogP) is 3.87. The summed E-state index contributed by atoms with van der Waals surface area (Å²) in [6.07, 6.45) is 2.00. The Bertz CT molecular complexity index is 683. The number of benzene rings is 2. The Hall–Kier alpha value is -2.33. The molecular formula is C21H24O4. The molecule has 0 saturated heterocycles. The van der Waals surface area contributed by atoms with Gasteiger partial charge in [0, 0.05) is 19.4 Å². The number of esters is 1. The van der Waals surface area contributed by atoms with Crippen LogP contribution in [0.2, 0.25) is 0 Å². The molecule has 0 heterocycles. The molecule has 1 aliphatic carbocycles. The molecule has 25 heavy (non-hydrogen) atoms. The summed E-state index contributed by atoms with van der Waals surface area (Å²) in [5, 5.41) is 0. The fourth-order valence-electron chi connectivity index (χ4n) is 3.26. The number of fused-ring (bicyclic) bond motifs is 1. The normalized spacial score (nSPS) is 14.8. The zero-order valence-corrected chi connectivity index (χ0v) is 14.7. The van der Waals surface area contributed by atoms with Gasteiger partial charge in [-0.05, 0) is 35.7 Å². The van der Waals surface area contributed by atoms with Gasteiger partial charge in [-0.25, -0.2) is 0 Å². The lowest BCUT2D eigenvalue weighted by atomic mass is 10.1. The number of carbonyl (C=O) groups is 1. The largest absolute Gasteiger partial charge is 0.490 e. The van der Waals surface area contributed by atoms with E-state index >= 15 is 0 Å². The summed E-state index contributed by atoms with van der Waals surface area (Å²) in [5.74, 6) is 0.567. The molecule has 3 rings (SSSR count). The van der Waals surface area contributed by atoms with E-state index in [1.165, 1.54) is 18.2 Å². The molecule has 0 saturated carbocycles. The topological polar surface area (TPSA) is 44.8 Å². The number of methoxy groups -OCH3 is 1. The molecule has 132 valence electrons. The van der Waals surface area contributed by atoms with Crippen LogP contribution in [0.3, 0.4) is 0 Å². The molecule has 1 aliphatic rings. The highest BCUT2D eigenvalue weighted by molar-refractivity contribution is 5.70. The van der Waals surface area contributed by atoms with Crippen LogP contribution in [0.4, 0.5) is 0 Å². The van der Waals surface area contributed by atoms with E-state index in [9.17, 15) is 4.79 Å². The Labute approximate surface area is 148 Å². The molecule has 0 amide bonds. The predicted molar refractivity (Wildman–Crippen MR) is 95.7 cm³/mol. The summed E-state index contributed by atoms with van der Waals surface area (Å²) in [4.78, 5) is 11.5. The number of carbonyl (C=O) groups excluding carboxylic acids is 1. The maximum Gasteiger partial charge on any atom is 0.308 e. The monoisotopic (exact) mass is 340 g/mol. The van der Waals surface area contributed by atoms with Gasteiger partial charge in [0.25, 0.3) is 0 Å². The van der Waals surface area contributed by atoms with Crippen LogP contribution in [0.15, 0.2) is 48.5 Å². The van der Waals surface area contributed by atoms with Gasteiger partial charge in [-0.3, -0.25) is 4.79 Å². The molecule has 0 aliphatic heterocycles. The lowest BCUT2D eigenvalue weighted by Crippen LogP contribution is -2.16. The number of ether oxygens (including phenoxy) is 3. The SMILES string of the molecule is CCO[C@@H](CC(=O)OC)c1ccc(OC2Cc3ccccc3C2)cc1. The zero-order chi connectivity index (χ0) is 17.6. The van der Waals surface area contributed by atoms with Crippen molar-refractivity contribution in [1.82, 2.24) is 0 Å². The molecule has 0 radical (unpaired) electrons. The third-order valence-electron chi connectivity index (χ3n) is 4.52. The Morgan fingerprint density at radius 3 is 2.28 bits per heavy atom. The first-order valence-electron chi connectivity index (χ1n) is 8.71. The smallest absolute Gasteiger partial charge is 0.308 e. The molecule has 2 aromatic rings. The third kappa shape index (κ3) is 4.40. The van der Waals surface area contributed by atoms with Gasteiger partial charge in [0.15, 0.2) is 0 Å². The number of hydrogen-bond donors (Lipinski definition) is 0. The van der Waals surface area contributed by atoms with Crippen molar-refractivity contribution in [1.29, 1.82) is 0 Å². The van der Waals surface area contributed by atoms with Gasteiger partial charge in [0.05, 0.1) is 19.6 Å². The average Bonchev–Trinajstić information content (AvgIpc) is 3.04. The second-order valence-corrected chi connectivity index (χ2v) is 6.21. The van der Waals surface area contributed by atoms with Gasteiger partial charge in [-0.1, -0.05) is 36.4 Å². The molecule has 4 nitrogen and oxygen atoms in total. The van der Waals surface area contributed by atoms with Crippen molar-refractivity contribution >= 4 is 5.97 Å². The summed E-state index contributed by atoms with van der Waals surface area (Å²) in [5.41, 5.74) is 3.70. The average molecular weight is 340 g/mol. The summed E-state index contributed by atoms with van der Waals surface area (Å²) >= 11 is 0. The Morgan fingerprint density at radius 1 is 1.08 bits per heavy atom. The lowest BCUT2D eigenvalue weighted by Gasteiger charge is -2.18. The van der Waals surface area contributed by atoms with E-state index in [0.29, 0.717) is 6.61 Å². The maximum atomic E-state index is 11.5. The highest BCUT2D eigenvalue weighted by atomic mass is 16.5. The third-order valence-corrected chi connectivity index (χ3v) is 4.52. The van der Waals surface area contributed by atoms with E-state index in [1.54, 1.807) is 0 Å². The van der Waals surface area contributed by atoms with Crippen LogP contribution >= 0.6 is 0 Å². The van der Waals surface area contributed by atoms with E-state index in [4.69, 9.17) is 14.2 Å².